The Balaban J connectivity index is 1.87. The van der Waals surface area contributed by atoms with E-state index in [1.165, 1.54) is 17.8 Å². The summed E-state index contributed by atoms with van der Waals surface area (Å²) in [5.74, 6) is 0.0375. The number of hydrogen-bond donors (Lipinski definition) is 2. The molecule has 1 aromatic heterocycles. The molecule has 1 aliphatic rings. The normalized spacial score (nSPS) is 14.5. The summed E-state index contributed by atoms with van der Waals surface area (Å²) in [7, 11) is 1.58. The molecule has 8 nitrogen and oxygen atoms in total. The summed E-state index contributed by atoms with van der Waals surface area (Å²) in [4.78, 5) is 43.2. The topological polar surface area (TPSA) is 101 Å². The van der Waals surface area contributed by atoms with Crippen LogP contribution in [0.5, 0.6) is 0 Å². The Labute approximate surface area is 182 Å². The largest absolute Gasteiger partial charge is 0.383 e. The number of nitrogens with zero attached hydrogens (tertiary/aromatic N) is 2. The molecule has 1 aromatic rings. The number of thiazole rings is 1. The van der Waals surface area contributed by atoms with Gasteiger partial charge in [0.15, 0.2) is 5.13 Å². The first kappa shape index (κ1) is 24.3. The van der Waals surface area contributed by atoms with Crippen LogP contribution in [-0.2, 0) is 25.5 Å². The zero-order chi connectivity index (χ0) is 21.9. The molecule has 0 radical (unpaired) electrons. The third-order valence-corrected chi connectivity index (χ3v) is 5.82. The van der Waals surface area contributed by atoms with Gasteiger partial charge < -0.3 is 20.3 Å². The van der Waals surface area contributed by atoms with E-state index >= 15 is 0 Å². The summed E-state index contributed by atoms with van der Waals surface area (Å²) in [6, 6.07) is 0. The lowest BCUT2D eigenvalue weighted by atomic mass is 9.88. The van der Waals surface area contributed by atoms with Crippen molar-refractivity contribution in [3.8, 4) is 0 Å². The zero-order valence-electron chi connectivity index (χ0n) is 18.2. The van der Waals surface area contributed by atoms with E-state index in [1.54, 1.807) is 17.4 Å². The molecule has 2 N–H and O–H groups in total. The van der Waals surface area contributed by atoms with Gasteiger partial charge in [0.05, 0.1) is 18.7 Å². The fraction of sp³-hybridized carbons (Fsp3) is 0.714. The minimum absolute atomic E-state index is 0.000719. The van der Waals surface area contributed by atoms with E-state index in [9.17, 15) is 14.4 Å². The molecule has 168 valence electrons. The van der Waals surface area contributed by atoms with Gasteiger partial charge in [-0.1, -0.05) is 33.1 Å². The van der Waals surface area contributed by atoms with Crippen LogP contribution >= 0.6 is 11.3 Å². The van der Waals surface area contributed by atoms with E-state index in [1.807, 2.05) is 13.8 Å². The highest BCUT2D eigenvalue weighted by molar-refractivity contribution is 7.13. The Bertz CT molecular complexity index is 701. The molecule has 0 aliphatic heterocycles. The third kappa shape index (κ3) is 8.39. The molecular weight excluding hydrogens is 404 g/mol. The molecule has 2 rings (SSSR count). The number of amides is 3. The van der Waals surface area contributed by atoms with Crippen molar-refractivity contribution < 1.29 is 19.1 Å². The van der Waals surface area contributed by atoms with Gasteiger partial charge in [0.2, 0.25) is 17.7 Å². The van der Waals surface area contributed by atoms with Crippen LogP contribution in [-0.4, -0.2) is 61.0 Å². The van der Waals surface area contributed by atoms with Gasteiger partial charge in [0.25, 0.3) is 0 Å². The molecule has 0 unspecified atom stereocenters. The molecule has 1 aliphatic carbocycles. The molecule has 1 fully saturated rings. The molecule has 0 atom stereocenters. The molecule has 0 aromatic carbocycles. The fourth-order valence-corrected chi connectivity index (χ4v) is 4.13. The summed E-state index contributed by atoms with van der Waals surface area (Å²) in [6.07, 6.45) is 5.25. The van der Waals surface area contributed by atoms with Crippen molar-refractivity contribution in [3.63, 3.8) is 0 Å². The highest BCUT2D eigenvalue weighted by atomic mass is 32.1. The second kappa shape index (κ2) is 12.6. The van der Waals surface area contributed by atoms with E-state index in [4.69, 9.17) is 4.74 Å². The number of methoxy groups -OCH3 is 1. The summed E-state index contributed by atoms with van der Waals surface area (Å²) < 4.78 is 5.11. The molecule has 30 heavy (non-hydrogen) atoms. The van der Waals surface area contributed by atoms with Crippen molar-refractivity contribution in [1.29, 1.82) is 0 Å². The van der Waals surface area contributed by atoms with Gasteiger partial charge in [-0.2, -0.15) is 0 Å². The van der Waals surface area contributed by atoms with Crippen LogP contribution in [0.25, 0.3) is 0 Å². The molecular formula is C21H34N4O4S. The number of ether oxygens (including phenoxy) is 1. The first-order chi connectivity index (χ1) is 14.4. The van der Waals surface area contributed by atoms with Crippen molar-refractivity contribution >= 4 is 34.2 Å². The number of anilines is 1. The SMILES string of the molecule is COCCN(CC(=O)Nc1nc(CC(=O)NCC(C)C)cs1)C(=O)C1CCCCC1. The Morgan fingerprint density at radius 3 is 2.63 bits per heavy atom. The molecule has 1 saturated carbocycles. The van der Waals surface area contributed by atoms with Gasteiger partial charge in [-0.3, -0.25) is 14.4 Å². The predicted octanol–water partition coefficient (Wildman–Crippen LogP) is 2.45. The molecule has 9 heteroatoms. The number of hydrogen-bond acceptors (Lipinski definition) is 6. The van der Waals surface area contributed by atoms with Crippen molar-refractivity contribution in [1.82, 2.24) is 15.2 Å². The van der Waals surface area contributed by atoms with Crippen LogP contribution in [0.1, 0.15) is 51.6 Å². The van der Waals surface area contributed by atoms with Crippen molar-refractivity contribution in [3.05, 3.63) is 11.1 Å². The molecule has 1 heterocycles. The Morgan fingerprint density at radius 1 is 1.23 bits per heavy atom. The molecule has 0 bridgehead atoms. The van der Waals surface area contributed by atoms with Crippen LogP contribution in [0, 0.1) is 11.8 Å². The Kier molecular flexibility index (Phi) is 10.2. The van der Waals surface area contributed by atoms with Crippen molar-refractivity contribution in [2.45, 2.75) is 52.4 Å². The predicted molar refractivity (Wildman–Crippen MR) is 117 cm³/mol. The highest BCUT2D eigenvalue weighted by Gasteiger charge is 2.27. The summed E-state index contributed by atoms with van der Waals surface area (Å²) in [6.45, 7) is 5.44. The average Bonchev–Trinajstić information content (AvgIpc) is 3.16. The Morgan fingerprint density at radius 2 is 1.97 bits per heavy atom. The number of rotatable bonds is 11. The van der Waals surface area contributed by atoms with E-state index in [2.05, 4.69) is 15.6 Å². The van der Waals surface area contributed by atoms with Gasteiger partial charge >= 0.3 is 0 Å². The zero-order valence-corrected chi connectivity index (χ0v) is 19.1. The first-order valence-electron chi connectivity index (χ1n) is 10.7. The number of aromatic nitrogens is 1. The number of carbonyl (C=O) groups is 3. The van der Waals surface area contributed by atoms with Gasteiger partial charge in [-0.05, 0) is 18.8 Å². The number of nitrogens with one attached hydrogen (secondary N) is 2. The van der Waals surface area contributed by atoms with Crippen LogP contribution in [0.4, 0.5) is 5.13 Å². The average molecular weight is 439 g/mol. The maximum Gasteiger partial charge on any atom is 0.245 e. The standard InChI is InChI=1S/C21H34N4O4S/c1-15(2)12-22-18(26)11-17-14-30-21(23-17)24-19(27)13-25(9-10-29-3)20(28)16-7-5-4-6-8-16/h14-16H,4-13H2,1-3H3,(H,22,26)(H,23,24,27). The van der Waals surface area contributed by atoms with Crippen LogP contribution in [0.2, 0.25) is 0 Å². The minimum Gasteiger partial charge on any atom is -0.383 e. The quantitative estimate of drug-likeness (QED) is 0.553. The monoisotopic (exact) mass is 438 g/mol. The lowest BCUT2D eigenvalue weighted by molar-refractivity contribution is -0.139. The van der Waals surface area contributed by atoms with Gasteiger partial charge in [0, 0.05) is 31.5 Å². The van der Waals surface area contributed by atoms with E-state index in [-0.39, 0.29) is 36.6 Å². The Hall–Kier alpha value is -2.00. The summed E-state index contributed by atoms with van der Waals surface area (Å²) in [5.41, 5.74) is 0.617. The van der Waals surface area contributed by atoms with Gasteiger partial charge in [-0.15, -0.1) is 11.3 Å². The second-order valence-electron chi connectivity index (χ2n) is 8.15. The van der Waals surface area contributed by atoms with Gasteiger partial charge in [-0.25, -0.2) is 4.98 Å². The summed E-state index contributed by atoms with van der Waals surface area (Å²) >= 11 is 1.27. The highest BCUT2D eigenvalue weighted by Crippen LogP contribution is 2.25. The van der Waals surface area contributed by atoms with Crippen molar-refractivity contribution in [2.75, 3.05) is 38.7 Å². The maximum absolute atomic E-state index is 12.9. The van der Waals surface area contributed by atoms with Crippen LogP contribution in [0.15, 0.2) is 5.38 Å². The van der Waals surface area contributed by atoms with Gasteiger partial charge in [0.1, 0.15) is 6.54 Å². The first-order valence-corrected chi connectivity index (χ1v) is 11.6. The third-order valence-electron chi connectivity index (χ3n) is 5.01. The van der Waals surface area contributed by atoms with E-state index < -0.39 is 0 Å². The molecule has 3 amide bonds. The fourth-order valence-electron chi connectivity index (χ4n) is 3.40. The van der Waals surface area contributed by atoms with Crippen molar-refractivity contribution in [2.24, 2.45) is 11.8 Å². The lowest BCUT2D eigenvalue weighted by Gasteiger charge is -2.28. The minimum atomic E-state index is -0.291. The van der Waals surface area contributed by atoms with E-state index in [0.717, 1.165) is 25.7 Å². The smallest absolute Gasteiger partial charge is 0.245 e. The van der Waals surface area contributed by atoms with Crippen LogP contribution in [0.3, 0.4) is 0 Å². The number of carbonyl (C=O) groups excluding carboxylic acids is 3. The molecule has 0 saturated heterocycles. The van der Waals surface area contributed by atoms with E-state index in [0.29, 0.717) is 36.4 Å². The second-order valence-corrected chi connectivity index (χ2v) is 9.01. The molecule has 0 spiro atoms. The maximum atomic E-state index is 12.9. The summed E-state index contributed by atoms with van der Waals surface area (Å²) in [5, 5.41) is 7.80. The lowest BCUT2D eigenvalue weighted by Crippen LogP contribution is -2.43. The van der Waals surface area contributed by atoms with Crippen LogP contribution < -0.4 is 10.6 Å².